The van der Waals surface area contributed by atoms with Crippen molar-refractivity contribution in [1.29, 1.82) is 0 Å². The summed E-state index contributed by atoms with van der Waals surface area (Å²) < 4.78 is 0. The Kier molecular flexibility index (Phi) is 5.49. The second-order valence-corrected chi connectivity index (χ2v) is 7.59. The standard InChI is InChI=1S/C17H35N3/c1-14-6-5-9-17(13-18,15(14)2)20(4)12-16-7-10-19(3)11-8-16/h14-16H,5-13,18H2,1-4H3. The van der Waals surface area contributed by atoms with E-state index >= 15 is 0 Å². The predicted molar refractivity (Wildman–Crippen MR) is 86.8 cm³/mol. The van der Waals surface area contributed by atoms with Crippen LogP contribution in [0, 0.1) is 17.8 Å². The Morgan fingerprint density at radius 2 is 1.85 bits per heavy atom. The normalized spacial score (nSPS) is 37.5. The van der Waals surface area contributed by atoms with Crippen LogP contribution in [0.5, 0.6) is 0 Å². The summed E-state index contributed by atoms with van der Waals surface area (Å²) in [6.07, 6.45) is 6.72. The Bertz CT molecular complexity index is 299. The first-order chi connectivity index (χ1) is 9.49. The van der Waals surface area contributed by atoms with E-state index in [-0.39, 0.29) is 5.54 Å². The van der Waals surface area contributed by atoms with Crippen LogP contribution in [0.2, 0.25) is 0 Å². The van der Waals surface area contributed by atoms with Crippen molar-refractivity contribution in [1.82, 2.24) is 9.80 Å². The highest BCUT2D eigenvalue weighted by Gasteiger charge is 2.43. The molecule has 0 spiro atoms. The third-order valence-electron chi connectivity index (χ3n) is 6.45. The molecule has 1 saturated heterocycles. The molecule has 1 aliphatic heterocycles. The molecule has 0 bridgehead atoms. The van der Waals surface area contributed by atoms with Gasteiger partial charge in [-0.15, -0.1) is 0 Å². The van der Waals surface area contributed by atoms with Crippen molar-refractivity contribution in [2.75, 3.05) is 40.3 Å². The quantitative estimate of drug-likeness (QED) is 0.859. The highest BCUT2D eigenvalue weighted by atomic mass is 15.2. The van der Waals surface area contributed by atoms with Crippen LogP contribution in [-0.2, 0) is 0 Å². The Morgan fingerprint density at radius 1 is 1.20 bits per heavy atom. The molecule has 1 heterocycles. The highest BCUT2D eigenvalue weighted by Crippen LogP contribution is 2.41. The lowest BCUT2D eigenvalue weighted by molar-refractivity contribution is -0.00742. The molecule has 2 rings (SSSR count). The molecule has 0 aromatic rings. The molecule has 0 radical (unpaired) electrons. The van der Waals surface area contributed by atoms with Crippen LogP contribution >= 0.6 is 0 Å². The second-order valence-electron chi connectivity index (χ2n) is 7.59. The fourth-order valence-electron chi connectivity index (χ4n) is 4.53. The van der Waals surface area contributed by atoms with Crippen LogP contribution in [-0.4, -0.2) is 55.6 Å². The van der Waals surface area contributed by atoms with Crippen molar-refractivity contribution in [2.45, 2.75) is 51.5 Å². The van der Waals surface area contributed by atoms with E-state index in [0.717, 1.165) is 24.3 Å². The summed E-state index contributed by atoms with van der Waals surface area (Å²) in [7, 11) is 4.58. The van der Waals surface area contributed by atoms with E-state index in [4.69, 9.17) is 5.73 Å². The largest absolute Gasteiger partial charge is 0.329 e. The summed E-state index contributed by atoms with van der Waals surface area (Å²) in [5.74, 6) is 2.40. The molecule has 3 atom stereocenters. The summed E-state index contributed by atoms with van der Waals surface area (Å²) in [5.41, 5.74) is 6.52. The first kappa shape index (κ1) is 16.3. The molecule has 1 aliphatic carbocycles. The van der Waals surface area contributed by atoms with Crippen LogP contribution in [0.15, 0.2) is 0 Å². The Balaban J connectivity index is 1.99. The maximum Gasteiger partial charge on any atom is 0.0356 e. The lowest BCUT2D eigenvalue weighted by Crippen LogP contribution is -2.60. The Labute approximate surface area is 125 Å². The van der Waals surface area contributed by atoms with Gasteiger partial charge in [0.05, 0.1) is 0 Å². The van der Waals surface area contributed by atoms with Crippen molar-refractivity contribution in [3.63, 3.8) is 0 Å². The van der Waals surface area contributed by atoms with Gasteiger partial charge in [-0.2, -0.15) is 0 Å². The average molecular weight is 281 g/mol. The molecular weight excluding hydrogens is 246 g/mol. The summed E-state index contributed by atoms with van der Waals surface area (Å²) in [6, 6.07) is 0. The monoisotopic (exact) mass is 281 g/mol. The van der Waals surface area contributed by atoms with Crippen molar-refractivity contribution >= 4 is 0 Å². The highest BCUT2D eigenvalue weighted by molar-refractivity contribution is 5.00. The number of likely N-dealkylation sites (N-methyl/N-ethyl adjacent to an activating group) is 1. The van der Waals surface area contributed by atoms with E-state index in [2.05, 4.69) is 37.7 Å². The van der Waals surface area contributed by atoms with E-state index in [9.17, 15) is 0 Å². The van der Waals surface area contributed by atoms with Crippen LogP contribution in [0.1, 0.15) is 46.0 Å². The smallest absolute Gasteiger partial charge is 0.0356 e. The maximum atomic E-state index is 6.27. The lowest BCUT2D eigenvalue weighted by Gasteiger charge is -2.52. The Hall–Kier alpha value is -0.120. The third kappa shape index (κ3) is 3.20. The van der Waals surface area contributed by atoms with Gasteiger partial charge in [0.25, 0.3) is 0 Å². The molecule has 20 heavy (non-hydrogen) atoms. The summed E-state index contributed by atoms with van der Waals surface area (Å²) >= 11 is 0. The van der Waals surface area contributed by atoms with Crippen molar-refractivity contribution in [3.05, 3.63) is 0 Å². The van der Waals surface area contributed by atoms with Gasteiger partial charge in [0.2, 0.25) is 0 Å². The van der Waals surface area contributed by atoms with Crippen LogP contribution in [0.4, 0.5) is 0 Å². The van der Waals surface area contributed by atoms with Crippen molar-refractivity contribution < 1.29 is 0 Å². The average Bonchev–Trinajstić information content (AvgIpc) is 2.44. The van der Waals surface area contributed by atoms with Gasteiger partial charge in [-0.1, -0.05) is 26.7 Å². The molecule has 3 nitrogen and oxygen atoms in total. The minimum atomic E-state index is 0.251. The fraction of sp³-hybridized carbons (Fsp3) is 1.00. The zero-order valence-corrected chi connectivity index (χ0v) is 14.1. The first-order valence-corrected chi connectivity index (χ1v) is 8.59. The zero-order valence-electron chi connectivity index (χ0n) is 14.1. The molecule has 3 unspecified atom stereocenters. The SMILES string of the molecule is CC1CCCC(CN)(N(C)CC2CCN(C)CC2)C1C. The molecule has 1 saturated carbocycles. The van der Waals surface area contributed by atoms with Gasteiger partial charge < -0.3 is 10.6 Å². The van der Waals surface area contributed by atoms with Crippen molar-refractivity contribution in [3.8, 4) is 0 Å². The van der Waals surface area contributed by atoms with E-state index in [1.165, 1.54) is 51.7 Å². The Morgan fingerprint density at radius 3 is 2.45 bits per heavy atom. The number of nitrogens with zero attached hydrogens (tertiary/aromatic N) is 2. The number of hydrogen-bond donors (Lipinski definition) is 1. The van der Waals surface area contributed by atoms with Crippen molar-refractivity contribution in [2.24, 2.45) is 23.5 Å². The summed E-state index contributed by atoms with van der Waals surface area (Å²) in [6.45, 7) is 9.43. The molecular formula is C17H35N3. The van der Waals surface area contributed by atoms with Crippen LogP contribution in [0.3, 0.4) is 0 Å². The van der Waals surface area contributed by atoms with E-state index in [1.807, 2.05) is 0 Å². The van der Waals surface area contributed by atoms with E-state index in [1.54, 1.807) is 0 Å². The van der Waals surface area contributed by atoms with Gasteiger partial charge in [-0.25, -0.2) is 0 Å². The molecule has 0 aromatic heterocycles. The molecule has 2 N–H and O–H groups in total. The van der Waals surface area contributed by atoms with Gasteiger partial charge >= 0.3 is 0 Å². The molecule has 2 aliphatic rings. The van der Waals surface area contributed by atoms with Gasteiger partial charge in [0, 0.05) is 18.6 Å². The maximum absolute atomic E-state index is 6.27. The third-order valence-corrected chi connectivity index (χ3v) is 6.45. The van der Waals surface area contributed by atoms with E-state index < -0.39 is 0 Å². The number of hydrogen-bond acceptors (Lipinski definition) is 3. The number of piperidine rings is 1. The first-order valence-electron chi connectivity index (χ1n) is 8.59. The second kappa shape index (κ2) is 6.76. The van der Waals surface area contributed by atoms with Crippen LogP contribution in [0.25, 0.3) is 0 Å². The predicted octanol–water partition coefficient (Wildman–Crippen LogP) is 2.41. The van der Waals surface area contributed by atoms with Gasteiger partial charge in [0.1, 0.15) is 0 Å². The van der Waals surface area contributed by atoms with Gasteiger partial charge in [0.15, 0.2) is 0 Å². The molecule has 3 heteroatoms. The van der Waals surface area contributed by atoms with Gasteiger partial charge in [-0.05, 0) is 64.2 Å². The minimum absolute atomic E-state index is 0.251. The molecule has 0 aromatic carbocycles. The minimum Gasteiger partial charge on any atom is -0.329 e. The number of likely N-dealkylation sites (tertiary alicyclic amines) is 1. The topological polar surface area (TPSA) is 32.5 Å². The molecule has 0 amide bonds. The number of nitrogens with two attached hydrogens (primary N) is 1. The zero-order chi connectivity index (χ0) is 14.8. The number of rotatable bonds is 4. The lowest BCUT2D eigenvalue weighted by atomic mass is 9.67. The molecule has 2 fully saturated rings. The fourth-order valence-corrected chi connectivity index (χ4v) is 4.53. The van der Waals surface area contributed by atoms with E-state index in [0.29, 0.717) is 0 Å². The summed E-state index contributed by atoms with van der Waals surface area (Å²) in [5, 5.41) is 0. The summed E-state index contributed by atoms with van der Waals surface area (Å²) in [4.78, 5) is 5.10. The van der Waals surface area contributed by atoms with Crippen LogP contribution < -0.4 is 5.73 Å². The molecule has 118 valence electrons. The van der Waals surface area contributed by atoms with Gasteiger partial charge in [-0.3, -0.25) is 4.90 Å².